The molecule has 0 saturated heterocycles. The van der Waals surface area contributed by atoms with Crippen LogP contribution in [0.3, 0.4) is 0 Å². The molecule has 0 heterocycles. The zero-order valence-electron chi connectivity index (χ0n) is 13.9. The normalized spacial score (nSPS) is 12.6. The van der Waals surface area contributed by atoms with Gasteiger partial charge in [-0.25, -0.2) is 4.79 Å². The van der Waals surface area contributed by atoms with Gasteiger partial charge in [-0.1, -0.05) is 43.3 Å². The van der Waals surface area contributed by atoms with Crippen molar-refractivity contribution >= 4 is 17.9 Å². The first-order chi connectivity index (χ1) is 11.4. The summed E-state index contributed by atoms with van der Waals surface area (Å²) in [7, 11) is 1.61. The second-order valence-electron chi connectivity index (χ2n) is 5.27. The molecule has 7 heteroatoms. The van der Waals surface area contributed by atoms with Crippen molar-refractivity contribution in [3.8, 4) is 0 Å². The smallest absolute Gasteiger partial charge is 0.405 e. The number of nitrogens with one attached hydrogen (secondary N) is 2. The Morgan fingerprint density at radius 1 is 1.25 bits per heavy atom. The minimum Gasteiger partial charge on any atom is -0.465 e. The molecule has 24 heavy (non-hydrogen) atoms. The summed E-state index contributed by atoms with van der Waals surface area (Å²) in [6.07, 6.45) is 0.572. The number of carbonyl (C=O) groups excluding carboxylic acids is 2. The SMILES string of the molecule is C=CCN(C)C(=O)[C@H](NC(=O)C(CC)NC(=O)O)c1ccccc1. The maximum atomic E-state index is 12.6. The zero-order chi connectivity index (χ0) is 18.1. The lowest BCUT2D eigenvalue weighted by atomic mass is 10.0. The average molecular weight is 333 g/mol. The molecule has 0 aliphatic rings. The molecule has 3 amide bonds. The molecule has 0 aliphatic heterocycles. The molecule has 3 N–H and O–H groups in total. The highest BCUT2D eigenvalue weighted by Gasteiger charge is 2.28. The van der Waals surface area contributed by atoms with Crippen LogP contribution in [-0.4, -0.2) is 47.5 Å². The number of carbonyl (C=O) groups is 3. The molecule has 2 atom stereocenters. The van der Waals surface area contributed by atoms with Crippen LogP contribution in [0, 0.1) is 0 Å². The summed E-state index contributed by atoms with van der Waals surface area (Å²) in [5.74, 6) is -0.853. The standard InChI is InChI=1S/C17H23N3O4/c1-4-11-20(3)16(22)14(12-9-7-6-8-10-12)19-15(21)13(5-2)18-17(23)24/h4,6-10,13-14,18H,1,5,11H2,2-3H3,(H,19,21)(H,23,24)/t13?,14-/m1/s1. The first-order valence-corrected chi connectivity index (χ1v) is 7.61. The Morgan fingerprint density at radius 3 is 2.38 bits per heavy atom. The number of rotatable bonds is 8. The van der Waals surface area contributed by atoms with Crippen LogP contribution in [0.5, 0.6) is 0 Å². The number of carboxylic acid groups (broad SMARTS) is 1. The number of hydrogen-bond donors (Lipinski definition) is 3. The summed E-state index contributed by atoms with van der Waals surface area (Å²) in [5, 5.41) is 13.6. The Labute approximate surface area is 141 Å². The van der Waals surface area contributed by atoms with Gasteiger partial charge in [0.2, 0.25) is 11.8 Å². The van der Waals surface area contributed by atoms with Gasteiger partial charge in [-0.15, -0.1) is 6.58 Å². The maximum Gasteiger partial charge on any atom is 0.405 e. The predicted molar refractivity (Wildman–Crippen MR) is 90.4 cm³/mol. The fraction of sp³-hybridized carbons (Fsp3) is 0.353. The van der Waals surface area contributed by atoms with Gasteiger partial charge in [0.15, 0.2) is 0 Å². The summed E-state index contributed by atoms with van der Waals surface area (Å²) >= 11 is 0. The van der Waals surface area contributed by atoms with Gasteiger partial charge in [0.25, 0.3) is 0 Å². The second-order valence-corrected chi connectivity index (χ2v) is 5.27. The van der Waals surface area contributed by atoms with Gasteiger partial charge < -0.3 is 20.6 Å². The average Bonchev–Trinajstić information content (AvgIpc) is 2.57. The minimum absolute atomic E-state index is 0.274. The molecule has 0 bridgehead atoms. The molecule has 130 valence electrons. The van der Waals surface area contributed by atoms with E-state index >= 15 is 0 Å². The van der Waals surface area contributed by atoms with E-state index in [1.165, 1.54) is 4.90 Å². The molecule has 1 rings (SSSR count). The molecule has 0 aromatic heterocycles. The Hall–Kier alpha value is -2.83. The Kier molecular flexibility index (Phi) is 7.48. The molecular formula is C17H23N3O4. The van der Waals surface area contributed by atoms with Crippen LogP contribution in [0.2, 0.25) is 0 Å². The first-order valence-electron chi connectivity index (χ1n) is 7.61. The van der Waals surface area contributed by atoms with Gasteiger partial charge in [-0.2, -0.15) is 0 Å². The molecular weight excluding hydrogens is 310 g/mol. The van der Waals surface area contributed by atoms with E-state index in [2.05, 4.69) is 17.2 Å². The van der Waals surface area contributed by atoms with Crippen LogP contribution in [0.4, 0.5) is 4.79 Å². The molecule has 7 nitrogen and oxygen atoms in total. The van der Waals surface area contributed by atoms with E-state index in [9.17, 15) is 14.4 Å². The topological polar surface area (TPSA) is 98.7 Å². The number of amides is 3. The highest BCUT2D eigenvalue weighted by Crippen LogP contribution is 2.16. The van der Waals surface area contributed by atoms with Gasteiger partial charge >= 0.3 is 6.09 Å². The number of hydrogen-bond acceptors (Lipinski definition) is 3. The summed E-state index contributed by atoms with van der Waals surface area (Å²) in [4.78, 5) is 37.2. The highest BCUT2D eigenvalue weighted by molar-refractivity contribution is 5.91. The van der Waals surface area contributed by atoms with E-state index in [4.69, 9.17) is 5.11 Å². The predicted octanol–water partition coefficient (Wildman–Crippen LogP) is 1.53. The fourth-order valence-corrected chi connectivity index (χ4v) is 2.18. The molecule has 0 fully saturated rings. The van der Waals surface area contributed by atoms with Crippen LogP contribution in [0.1, 0.15) is 24.9 Å². The third kappa shape index (κ3) is 5.42. The molecule has 0 spiro atoms. The summed E-state index contributed by atoms with van der Waals surface area (Å²) < 4.78 is 0. The van der Waals surface area contributed by atoms with Crippen molar-refractivity contribution in [2.75, 3.05) is 13.6 Å². The minimum atomic E-state index is -1.29. The van der Waals surface area contributed by atoms with Crippen LogP contribution in [0.25, 0.3) is 0 Å². The lowest BCUT2D eigenvalue weighted by Gasteiger charge is -2.26. The first kappa shape index (κ1) is 19.2. The van der Waals surface area contributed by atoms with Crippen molar-refractivity contribution < 1.29 is 19.5 Å². The van der Waals surface area contributed by atoms with Gasteiger partial charge in [0, 0.05) is 13.6 Å². The molecule has 0 aliphatic carbocycles. The van der Waals surface area contributed by atoms with Crippen LogP contribution in [-0.2, 0) is 9.59 Å². The summed E-state index contributed by atoms with van der Waals surface area (Å²) in [5.41, 5.74) is 0.622. The Bertz CT molecular complexity index is 589. The molecule has 1 aromatic rings. The Morgan fingerprint density at radius 2 is 1.88 bits per heavy atom. The molecule has 1 unspecified atom stereocenters. The maximum absolute atomic E-state index is 12.6. The highest BCUT2D eigenvalue weighted by atomic mass is 16.4. The van der Waals surface area contributed by atoms with E-state index < -0.39 is 24.1 Å². The quantitative estimate of drug-likeness (QED) is 0.628. The summed E-state index contributed by atoms with van der Waals surface area (Å²) in [6, 6.07) is 6.98. The van der Waals surface area contributed by atoms with Gasteiger partial charge in [0.05, 0.1) is 0 Å². The number of nitrogens with zero attached hydrogens (tertiary/aromatic N) is 1. The van der Waals surface area contributed by atoms with E-state index in [1.807, 2.05) is 0 Å². The van der Waals surface area contributed by atoms with Crippen molar-refractivity contribution in [3.63, 3.8) is 0 Å². The van der Waals surface area contributed by atoms with E-state index in [0.29, 0.717) is 12.1 Å². The lowest BCUT2D eigenvalue weighted by Crippen LogP contribution is -2.50. The number of benzene rings is 1. The van der Waals surface area contributed by atoms with Crippen LogP contribution in [0.15, 0.2) is 43.0 Å². The van der Waals surface area contributed by atoms with E-state index in [-0.39, 0.29) is 12.3 Å². The second kappa shape index (κ2) is 9.34. The van der Waals surface area contributed by atoms with Crippen molar-refractivity contribution in [2.45, 2.75) is 25.4 Å². The van der Waals surface area contributed by atoms with E-state index in [1.54, 1.807) is 50.4 Å². The van der Waals surface area contributed by atoms with Crippen molar-refractivity contribution in [3.05, 3.63) is 48.6 Å². The van der Waals surface area contributed by atoms with Gasteiger partial charge in [0.1, 0.15) is 12.1 Å². The van der Waals surface area contributed by atoms with Gasteiger partial charge in [-0.3, -0.25) is 9.59 Å². The monoisotopic (exact) mass is 333 g/mol. The van der Waals surface area contributed by atoms with Crippen LogP contribution >= 0.6 is 0 Å². The van der Waals surface area contributed by atoms with Crippen LogP contribution < -0.4 is 10.6 Å². The third-order valence-electron chi connectivity index (χ3n) is 3.47. The largest absolute Gasteiger partial charge is 0.465 e. The number of likely N-dealkylation sites (N-methyl/N-ethyl adjacent to an activating group) is 1. The molecule has 0 saturated carbocycles. The fourth-order valence-electron chi connectivity index (χ4n) is 2.18. The molecule has 0 radical (unpaired) electrons. The Balaban J connectivity index is 3.01. The lowest BCUT2D eigenvalue weighted by molar-refractivity contribution is -0.135. The summed E-state index contributed by atoms with van der Waals surface area (Å²) in [6.45, 7) is 5.61. The molecule has 1 aromatic carbocycles. The van der Waals surface area contributed by atoms with Gasteiger partial charge in [-0.05, 0) is 12.0 Å². The third-order valence-corrected chi connectivity index (χ3v) is 3.47. The zero-order valence-corrected chi connectivity index (χ0v) is 13.9. The van der Waals surface area contributed by atoms with Crippen molar-refractivity contribution in [1.29, 1.82) is 0 Å². The van der Waals surface area contributed by atoms with Crippen molar-refractivity contribution in [2.24, 2.45) is 0 Å². The van der Waals surface area contributed by atoms with Crippen molar-refractivity contribution in [1.82, 2.24) is 15.5 Å². The van der Waals surface area contributed by atoms with E-state index in [0.717, 1.165) is 0 Å².